The average molecular weight is 388 g/mol. The van der Waals surface area contributed by atoms with Gasteiger partial charge in [0, 0.05) is 25.0 Å². The van der Waals surface area contributed by atoms with Crippen molar-refractivity contribution in [3.05, 3.63) is 89.2 Å². The molecule has 0 N–H and O–H groups in total. The predicted octanol–water partition coefficient (Wildman–Crippen LogP) is 4.43. The molecule has 4 rings (SSSR count). The summed E-state index contributed by atoms with van der Waals surface area (Å²) >= 11 is 0. The number of aryl methyl sites for hydroxylation is 1. The molecule has 0 aliphatic heterocycles. The fourth-order valence-electron chi connectivity index (χ4n) is 3.84. The van der Waals surface area contributed by atoms with E-state index in [0.717, 1.165) is 18.4 Å². The summed E-state index contributed by atoms with van der Waals surface area (Å²) in [5.74, 6) is 1.13. The van der Waals surface area contributed by atoms with Gasteiger partial charge in [0.15, 0.2) is 11.5 Å². The lowest BCUT2D eigenvalue weighted by Crippen LogP contribution is -2.30. The summed E-state index contributed by atoms with van der Waals surface area (Å²) in [7, 11) is 3.47. The Morgan fingerprint density at radius 2 is 1.90 bits per heavy atom. The maximum atomic E-state index is 13.2. The summed E-state index contributed by atoms with van der Waals surface area (Å²) in [6.07, 6.45) is 5.40. The van der Waals surface area contributed by atoms with Crippen LogP contribution in [0.25, 0.3) is 0 Å². The van der Waals surface area contributed by atoms with Crippen LogP contribution >= 0.6 is 0 Å². The van der Waals surface area contributed by atoms with Gasteiger partial charge in [0.25, 0.3) is 5.91 Å². The Balaban J connectivity index is 1.54. The summed E-state index contributed by atoms with van der Waals surface area (Å²) < 4.78 is 11.4. The normalized spacial score (nSPS) is 14.9. The van der Waals surface area contributed by atoms with Crippen molar-refractivity contribution in [3.8, 4) is 11.5 Å². The van der Waals surface area contributed by atoms with Crippen LogP contribution in [0.5, 0.6) is 11.5 Å². The third-order valence-electron chi connectivity index (χ3n) is 5.44. The lowest BCUT2D eigenvalue weighted by Gasteiger charge is -2.26. The van der Waals surface area contributed by atoms with Crippen molar-refractivity contribution in [3.63, 3.8) is 0 Å². The molecule has 0 spiro atoms. The molecule has 1 aliphatic carbocycles. The zero-order valence-corrected chi connectivity index (χ0v) is 16.7. The minimum atomic E-state index is -0.0249. The highest BCUT2D eigenvalue weighted by Gasteiger charge is 2.29. The number of pyridine rings is 1. The van der Waals surface area contributed by atoms with Crippen molar-refractivity contribution in [2.75, 3.05) is 14.2 Å². The van der Waals surface area contributed by atoms with Gasteiger partial charge >= 0.3 is 0 Å². The number of ether oxygens (including phenoxy) is 2. The Morgan fingerprint density at radius 1 is 1.10 bits per heavy atom. The van der Waals surface area contributed by atoms with Crippen molar-refractivity contribution in [1.82, 2.24) is 9.88 Å². The van der Waals surface area contributed by atoms with E-state index in [1.807, 2.05) is 30.1 Å². The highest BCUT2D eigenvalue weighted by Crippen LogP contribution is 2.36. The fraction of sp³-hybridized carbons (Fsp3) is 0.250. The van der Waals surface area contributed by atoms with Gasteiger partial charge in [-0.15, -0.1) is 0 Å². The number of hydrogen-bond acceptors (Lipinski definition) is 4. The Morgan fingerprint density at radius 3 is 2.69 bits per heavy atom. The monoisotopic (exact) mass is 388 g/mol. The summed E-state index contributed by atoms with van der Waals surface area (Å²) in [6.45, 7) is 0.377. The Bertz CT molecular complexity index is 1000. The molecule has 0 radical (unpaired) electrons. The highest BCUT2D eigenvalue weighted by atomic mass is 16.5. The Kier molecular flexibility index (Phi) is 5.47. The average Bonchev–Trinajstić information content (AvgIpc) is 3.21. The minimum absolute atomic E-state index is 0.0249. The highest BCUT2D eigenvalue weighted by molar-refractivity contribution is 5.95. The SMILES string of the molecule is COc1ccc(C(=O)N(C)C2CCc3ccccc32)cc1OCc1ccncc1. The van der Waals surface area contributed by atoms with Crippen LogP contribution in [-0.2, 0) is 13.0 Å². The first kappa shape index (κ1) is 19.0. The van der Waals surface area contributed by atoms with Crippen LogP contribution < -0.4 is 9.47 Å². The number of hydrogen-bond donors (Lipinski definition) is 0. The maximum Gasteiger partial charge on any atom is 0.254 e. The van der Waals surface area contributed by atoms with Gasteiger partial charge in [0.05, 0.1) is 13.2 Å². The molecule has 0 saturated carbocycles. The van der Waals surface area contributed by atoms with Gasteiger partial charge < -0.3 is 14.4 Å². The molecule has 5 heteroatoms. The van der Waals surface area contributed by atoms with Gasteiger partial charge in [0.2, 0.25) is 0 Å². The van der Waals surface area contributed by atoms with Crippen LogP contribution in [0.3, 0.4) is 0 Å². The lowest BCUT2D eigenvalue weighted by molar-refractivity contribution is 0.0730. The van der Waals surface area contributed by atoms with Gasteiger partial charge in [-0.25, -0.2) is 0 Å². The second-order valence-electron chi connectivity index (χ2n) is 7.18. The molecule has 1 aliphatic rings. The van der Waals surface area contributed by atoms with Crippen molar-refractivity contribution in [2.45, 2.75) is 25.5 Å². The maximum absolute atomic E-state index is 13.2. The van der Waals surface area contributed by atoms with Crippen LogP contribution in [-0.4, -0.2) is 29.9 Å². The first-order chi connectivity index (χ1) is 14.2. The minimum Gasteiger partial charge on any atom is -0.493 e. The number of carbonyl (C=O) groups is 1. The number of benzene rings is 2. The van der Waals surface area contributed by atoms with E-state index in [9.17, 15) is 4.79 Å². The molecular formula is C24H24N2O3. The number of aromatic nitrogens is 1. The smallest absolute Gasteiger partial charge is 0.254 e. The van der Waals surface area contributed by atoms with E-state index in [2.05, 4.69) is 23.2 Å². The number of methoxy groups -OCH3 is 1. The third kappa shape index (κ3) is 3.94. The van der Waals surface area contributed by atoms with Crippen molar-refractivity contribution in [2.24, 2.45) is 0 Å². The molecular weight excluding hydrogens is 364 g/mol. The van der Waals surface area contributed by atoms with Crippen LogP contribution in [0.1, 0.15) is 39.5 Å². The van der Waals surface area contributed by atoms with Crippen molar-refractivity contribution < 1.29 is 14.3 Å². The molecule has 0 fully saturated rings. The number of rotatable bonds is 6. The van der Waals surface area contributed by atoms with E-state index in [-0.39, 0.29) is 11.9 Å². The third-order valence-corrected chi connectivity index (χ3v) is 5.44. The largest absolute Gasteiger partial charge is 0.493 e. The van der Waals surface area contributed by atoms with Gasteiger partial charge in [-0.3, -0.25) is 9.78 Å². The van der Waals surface area contributed by atoms with E-state index in [1.54, 1.807) is 37.7 Å². The van der Waals surface area contributed by atoms with Crippen molar-refractivity contribution >= 4 is 5.91 Å². The molecule has 1 unspecified atom stereocenters. The first-order valence-electron chi connectivity index (χ1n) is 9.72. The van der Waals surface area contributed by atoms with E-state index in [4.69, 9.17) is 9.47 Å². The van der Waals surface area contributed by atoms with Crippen LogP contribution in [0.4, 0.5) is 0 Å². The second-order valence-corrected chi connectivity index (χ2v) is 7.18. The Hall–Kier alpha value is -3.34. The zero-order chi connectivity index (χ0) is 20.2. The molecule has 1 aromatic heterocycles. The van der Waals surface area contributed by atoms with E-state index < -0.39 is 0 Å². The van der Waals surface area contributed by atoms with Gasteiger partial charge in [-0.2, -0.15) is 0 Å². The van der Waals surface area contributed by atoms with Gasteiger partial charge in [-0.05, 0) is 59.9 Å². The van der Waals surface area contributed by atoms with E-state index in [0.29, 0.717) is 23.7 Å². The van der Waals surface area contributed by atoms with Gasteiger partial charge in [0.1, 0.15) is 6.61 Å². The van der Waals surface area contributed by atoms with Crippen LogP contribution in [0.2, 0.25) is 0 Å². The number of nitrogens with zero attached hydrogens (tertiary/aromatic N) is 2. The van der Waals surface area contributed by atoms with Gasteiger partial charge in [-0.1, -0.05) is 24.3 Å². The molecule has 0 saturated heterocycles. The van der Waals surface area contributed by atoms with Crippen LogP contribution in [0, 0.1) is 0 Å². The molecule has 2 aromatic carbocycles. The fourth-order valence-corrected chi connectivity index (χ4v) is 3.84. The summed E-state index contributed by atoms with van der Waals surface area (Å²) in [5, 5.41) is 0. The molecule has 29 heavy (non-hydrogen) atoms. The topological polar surface area (TPSA) is 51.7 Å². The molecule has 5 nitrogen and oxygen atoms in total. The Labute approximate surface area is 170 Å². The predicted molar refractivity (Wildman–Crippen MR) is 111 cm³/mol. The molecule has 1 amide bonds. The van der Waals surface area contributed by atoms with E-state index in [1.165, 1.54) is 11.1 Å². The van der Waals surface area contributed by atoms with E-state index >= 15 is 0 Å². The molecule has 3 aromatic rings. The molecule has 1 atom stereocenters. The summed E-state index contributed by atoms with van der Waals surface area (Å²) in [5.41, 5.74) is 4.15. The summed E-state index contributed by atoms with van der Waals surface area (Å²) in [6, 6.07) is 17.6. The molecule has 148 valence electrons. The number of fused-ring (bicyclic) bond motifs is 1. The number of amides is 1. The molecule has 0 bridgehead atoms. The standard InChI is InChI=1S/C24H24N2O3/c1-26(21-9-7-18-5-3-4-6-20(18)21)24(27)19-8-10-22(28-2)23(15-19)29-16-17-11-13-25-14-12-17/h3-6,8,10-15,21H,7,9,16H2,1-2H3. The lowest BCUT2D eigenvalue weighted by atomic mass is 10.1. The van der Waals surface area contributed by atoms with Crippen molar-refractivity contribution in [1.29, 1.82) is 0 Å². The number of carbonyl (C=O) groups excluding carboxylic acids is 1. The summed E-state index contributed by atoms with van der Waals surface area (Å²) in [4.78, 5) is 19.0. The quantitative estimate of drug-likeness (QED) is 0.627. The second kappa shape index (κ2) is 8.35. The zero-order valence-electron chi connectivity index (χ0n) is 16.7. The molecule has 1 heterocycles. The first-order valence-corrected chi connectivity index (χ1v) is 9.72. The van der Waals surface area contributed by atoms with Crippen LogP contribution in [0.15, 0.2) is 67.0 Å².